The fourth-order valence-corrected chi connectivity index (χ4v) is 7.76. The van der Waals surface area contributed by atoms with Gasteiger partial charge in [0.1, 0.15) is 6.61 Å². The minimum atomic E-state index is -0.288. The van der Waals surface area contributed by atoms with Gasteiger partial charge in [-0.05, 0) is 70.9 Å². The molecule has 2 aliphatic heterocycles. The Morgan fingerprint density at radius 2 is 1.12 bits per heavy atom. The predicted molar refractivity (Wildman–Crippen MR) is 210 cm³/mol. The number of hydrogen-bond donors (Lipinski definition) is 0. The first-order valence-corrected chi connectivity index (χ1v) is 21.7. The zero-order valence-corrected chi connectivity index (χ0v) is 32.6. The molecule has 0 spiro atoms. The summed E-state index contributed by atoms with van der Waals surface area (Å²) >= 11 is 0. The third-order valence-corrected chi connectivity index (χ3v) is 10.9. The first-order chi connectivity index (χ1) is 24.2. The van der Waals surface area contributed by atoms with Crippen molar-refractivity contribution in [3.8, 4) is 0 Å². The van der Waals surface area contributed by atoms with Gasteiger partial charge >= 0.3 is 5.97 Å². The molecule has 5 heteroatoms. The molecule has 2 fully saturated rings. The normalized spacial score (nSPS) is 18.6. The van der Waals surface area contributed by atoms with Crippen LogP contribution in [-0.2, 0) is 14.3 Å². The maximum absolute atomic E-state index is 13.3. The highest BCUT2D eigenvalue weighted by Gasteiger charge is 2.43. The van der Waals surface area contributed by atoms with Crippen molar-refractivity contribution < 1.29 is 14.3 Å². The number of unbranched alkanes of at least 4 members (excludes halogenated alkanes) is 21. The summed E-state index contributed by atoms with van der Waals surface area (Å²) < 4.78 is 5.80. The molecule has 0 bridgehead atoms. The molecule has 0 saturated carbocycles. The third-order valence-electron chi connectivity index (χ3n) is 10.9. The number of likely N-dealkylation sites (tertiary alicyclic amines) is 2. The van der Waals surface area contributed by atoms with E-state index in [0.29, 0.717) is 13.0 Å². The van der Waals surface area contributed by atoms with E-state index in [9.17, 15) is 9.59 Å². The lowest BCUT2D eigenvalue weighted by molar-refractivity contribution is -0.150. The molecule has 2 heterocycles. The molecule has 49 heavy (non-hydrogen) atoms. The van der Waals surface area contributed by atoms with Gasteiger partial charge in [0.05, 0.1) is 5.92 Å². The lowest BCUT2D eigenvalue weighted by Crippen LogP contribution is -2.39. The van der Waals surface area contributed by atoms with Crippen molar-refractivity contribution in [1.82, 2.24) is 9.80 Å². The molecule has 2 atom stereocenters. The SMILES string of the molecule is CCCCC/C=C\C/C=C\CCCCCCC[C@@H]1[C@@H](C(=O)OCCN2CCCC2)CC(=O)N1CCCCCCCCCCCCCCCC. The number of amides is 1. The van der Waals surface area contributed by atoms with Gasteiger partial charge in [-0.25, -0.2) is 0 Å². The van der Waals surface area contributed by atoms with E-state index in [-0.39, 0.29) is 23.8 Å². The number of ether oxygens (including phenoxy) is 1. The van der Waals surface area contributed by atoms with E-state index in [4.69, 9.17) is 4.74 Å². The van der Waals surface area contributed by atoms with Crippen LogP contribution in [0.5, 0.6) is 0 Å². The van der Waals surface area contributed by atoms with Gasteiger partial charge in [-0.15, -0.1) is 0 Å². The van der Waals surface area contributed by atoms with Crippen LogP contribution in [0.1, 0.15) is 200 Å². The Labute approximate surface area is 304 Å². The summed E-state index contributed by atoms with van der Waals surface area (Å²) in [7, 11) is 0. The van der Waals surface area contributed by atoms with E-state index in [1.807, 2.05) is 0 Å². The number of carbonyl (C=O) groups is 2. The first-order valence-electron chi connectivity index (χ1n) is 21.7. The molecule has 2 rings (SSSR count). The van der Waals surface area contributed by atoms with E-state index in [2.05, 4.69) is 48.0 Å². The highest BCUT2D eigenvalue weighted by molar-refractivity contribution is 5.87. The summed E-state index contributed by atoms with van der Waals surface area (Å²) in [6, 6.07) is 0.0201. The van der Waals surface area contributed by atoms with Crippen LogP contribution in [0.2, 0.25) is 0 Å². The van der Waals surface area contributed by atoms with Crippen LogP contribution in [0, 0.1) is 5.92 Å². The van der Waals surface area contributed by atoms with Gasteiger partial charge in [0, 0.05) is 25.6 Å². The average Bonchev–Trinajstić information content (AvgIpc) is 3.74. The summed E-state index contributed by atoms with van der Waals surface area (Å²) in [5.74, 6) is -0.254. The number of nitrogens with zero attached hydrogens (tertiary/aromatic N) is 2. The Hall–Kier alpha value is -1.62. The lowest BCUT2D eigenvalue weighted by Gasteiger charge is -2.28. The summed E-state index contributed by atoms with van der Waals surface area (Å²) in [5, 5.41) is 0. The van der Waals surface area contributed by atoms with Crippen LogP contribution in [0.4, 0.5) is 0 Å². The Balaban J connectivity index is 1.64. The van der Waals surface area contributed by atoms with Gasteiger partial charge in [-0.1, -0.05) is 160 Å². The van der Waals surface area contributed by atoms with E-state index in [1.54, 1.807) is 0 Å². The quantitative estimate of drug-likeness (QED) is 0.0392. The summed E-state index contributed by atoms with van der Waals surface area (Å²) in [6.07, 6.45) is 45.2. The van der Waals surface area contributed by atoms with E-state index in [1.165, 1.54) is 154 Å². The predicted octanol–water partition coefficient (Wildman–Crippen LogP) is 12.1. The van der Waals surface area contributed by atoms with E-state index >= 15 is 0 Å². The molecule has 2 saturated heterocycles. The summed E-state index contributed by atoms with van der Waals surface area (Å²) in [4.78, 5) is 30.9. The van der Waals surface area contributed by atoms with Crippen molar-refractivity contribution >= 4 is 11.9 Å². The highest BCUT2D eigenvalue weighted by atomic mass is 16.5. The van der Waals surface area contributed by atoms with Crippen molar-refractivity contribution in [3.63, 3.8) is 0 Å². The van der Waals surface area contributed by atoms with Crippen molar-refractivity contribution in [1.29, 1.82) is 0 Å². The lowest BCUT2D eigenvalue weighted by atomic mass is 9.94. The fourth-order valence-electron chi connectivity index (χ4n) is 7.76. The molecule has 0 N–H and O–H groups in total. The van der Waals surface area contributed by atoms with Crippen molar-refractivity contribution in [2.75, 3.05) is 32.8 Å². The average molecular weight is 685 g/mol. The van der Waals surface area contributed by atoms with Crippen LogP contribution in [-0.4, -0.2) is 60.5 Å². The van der Waals surface area contributed by atoms with Crippen molar-refractivity contribution in [3.05, 3.63) is 24.3 Å². The number of esters is 1. The van der Waals surface area contributed by atoms with Gasteiger partial charge < -0.3 is 9.64 Å². The Morgan fingerprint density at radius 3 is 1.71 bits per heavy atom. The van der Waals surface area contributed by atoms with Gasteiger partial charge in [-0.2, -0.15) is 0 Å². The minimum absolute atomic E-state index is 0.0201. The molecule has 0 aromatic rings. The summed E-state index contributed by atoms with van der Waals surface area (Å²) in [5.41, 5.74) is 0. The van der Waals surface area contributed by atoms with E-state index < -0.39 is 0 Å². The molecule has 0 aromatic heterocycles. The Morgan fingerprint density at radius 1 is 0.633 bits per heavy atom. The van der Waals surface area contributed by atoms with Crippen LogP contribution in [0.3, 0.4) is 0 Å². The number of allylic oxidation sites excluding steroid dienone is 4. The van der Waals surface area contributed by atoms with Crippen LogP contribution in [0.25, 0.3) is 0 Å². The maximum Gasteiger partial charge on any atom is 0.311 e. The molecule has 284 valence electrons. The van der Waals surface area contributed by atoms with Crippen molar-refractivity contribution in [2.24, 2.45) is 5.92 Å². The highest BCUT2D eigenvalue weighted by Crippen LogP contribution is 2.31. The topological polar surface area (TPSA) is 49.9 Å². The molecular formula is C44H80N2O3. The number of hydrogen-bond acceptors (Lipinski definition) is 4. The number of rotatable bonds is 33. The maximum atomic E-state index is 13.3. The van der Waals surface area contributed by atoms with Crippen LogP contribution in [0.15, 0.2) is 24.3 Å². The molecular weight excluding hydrogens is 604 g/mol. The second-order valence-corrected chi connectivity index (χ2v) is 15.3. The van der Waals surface area contributed by atoms with Crippen LogP contribution < -0.4 is 0 Å². The minimum Gasteiger partial charge on any atom is -0.464 e. The van der Waals surface area contributed by atoms with Gasteiger partial charge in [0.25, 0.3) is 0 Å². The molecule has 0 aliphatic carbocycles. The Kier molecular flexibility index (Phi) is 27.7. The van der Waals surface area contributed by atoms with Crippen molar-refractivity contribution in [2.45, 2.75) is 206 Å². The molecule has 0 aromatic carbocycles. The zero-order chi connectivity index (χ0) is 35.0. The van der Waals surface area contributed by atoms with E-state index in [0.717, 1.165) is 51.9 Å². The third kappa shape index (κ3) is 22.0. The number of carbonyl (C=O) groups excluding carboxylic acids is 2. The standard InChI is InChI=1S/C44H80N2O3/c1-3-5-7-9-11-13-15-17-19-20-22-24-26-28-30-34-42-41(44(48)49-39-38-45-35-32-33-36-45)40-43(47)46(42)37-31-29-27-25-23-21-18-16-14-12-10-8-6-4-2/h11,13,17,19,41-42H,3-10,12,14-16,18,20-40H2,1-2H3/b13-11-,19-17-/t41-,42+/m0/s1. The smallest absolute Gasteiger partial charge is 0.311 e. The Bertz CT molecular complexity index is 849. The largest absolute Gasteiger partial charge is 0.464 e. The zero-order valence-electron chi connectivity index (χ0n) is 32.6. The fraction of sp³-hybridized carbons (Fsp3) is 0.864. The second kappa shape index (κ2) is 31.1. The monoisotopic (exact) mass is 685 g/mol. The van der Waals surface area contributed by atoms with Crippen LogP contribution >= 0.6 is 0 Å². The summed E-state index contributed by atoms with van der Waals surface area (Å²) in [6.45, 7) is 8.85. The van der Waals surface area contributed by atoms with Gasteiger partial charge in [0.15, 0.2) is 0 Å². The second-order valence-electron chi connectivity index (χ2n) is 15.3. The molecule has 0 unspecified atom stereocenters. The van der Waals surface area contributed by atoms with Gasteiger partial charge in [-0.3, -0.25) is 14.5 Å². The van der Waals surface area contributed by atoms with Gasteiger partial charge in [0.2, 0.25) is 5.91 Å². The molecule has 5 nitrogen and oxygen atoms in total. The first kappa shape index (κ1) is 43.5. The molecule has 1 amide bonds. The molecule has 2 aliphatic rings. The molecule has 0 radical (unpaired) electrons.